The van der Waals surface area contributed by atoms with Gasteiger partial charge in [0.15, 0.2) is 0 Å². The first-order valence-electron chi connectivity index (χ1n) is 6.95. The first-order valence-corrected chi connectivity index (χ1v) is 7.83. The molecule has 3 heterocycles. The van der Waals surface area contributed by atoms with Crippen molar-refractivity contribution in [3.05, 3.63) is 22.4 Å². The van der Waals surface area contributed by atoms with Gasteiger partial charge in [0.05, 0.1) is 6.54 Å². The number of nitrogens with one attached hydrogen (secondary N) is 1. The van der Waals surface area contributed by atoms with Gasteiger partial charge in [-0.3, -0.25) is 10.1 Å². The second-order valence-corrected chi connectivity index (χ2v) is 6.59. The summed E-state index contributed by atoms with van der Waals surface area (Å²) in [4.78, 5) is 17.9. The molecule has 0 bridgehead atoms. The third-order valence-corrected chi connectivity index (χ3v) is 5.32. The molecular formula is C14H21N3OS. The number of nitrogens with zero attached hydrogens (tertiary/aromatic N) is 2. The first-order chi connectivity index (χ1) is 9.16. The minimum Gasteiger partial charge on any atom is -0.318 e. The van der Waals surface area contributed by atoms with Gasteiger partial charge in [0, 0.05) is 23.5 Å². The third kappa shape index (κ3) is 2.42. The molecule has 4 nitrogen and oxygen atoms in total. The van der Waals surface area contributed by atoms with E-state index in [1.165, 1.54) is 4.88 Å². The molecule has 1 aromatic rings. The molecule has 3 rings (SSSR count). The largest absolute Gasteiger partial charge is 0.318 e. The Morgan fingerprint density at radius 3 is 3.00 bits per heavy atom. The summed E-state index contributed by atoms with van der Waals surface area (Å²) in [6.07, 6.45) is 2.25. The average molecular weight is 279 g/mol. The molecule has 104 valence electrons. The highest BCUT2D eigenvalue weighted by atomic mass is 32.1. The van der Waals surface area contributed by atoms with Crippen LogP contribution >= 0.6 is 11.3 Å². The quantitative estimate of drug-likeness (QED) is 0.894. The summed E-state index contributed by atoms with van der Waals surface area (Å²) in [6, 6.07) is 5.10. The molecule has 0 saturated carbocycles. The van der Waals surface area contributed by atoms with Gasteiger partial charge in [-0.1, -0.05) is 6.07 Å². The zero-order chi connectivity index (χ0) is 13.4. The molecule has 2 aliphatic heterocycles. The lowest BCUT2D eigenvalue weighted by Crippen LogP contribution is -2.49. The van der Waals surface area contributed by atoms with Crippen molar-refractivity contribution in [3.8, 4) is 0 Å². The lowest BCUT2D eigenvalue weighted by molar-refractivity contribution is -0.131. The highest BCUT2D eigenvalue weighted by molar-refractivity contribution is 7.10. The number of amides is 1. The summed E-state index contributed by atoms with van der Waals surface area (Å²) in [7, 11) is 2.17. The molecule has 1 amide bonds. The van der Waals surface area contributed by atoms with Crippen molar-refractivity contribution in [2.45, 2.75) is 38.0 Å². The minimum atomic E-state index is 0.0908. The molecule has 0 aliphatic carbocycles. The number of likely N-dealkylation sites (tertiary alicyclic amines) is 1. The minimum absolute atomic E-state index is 0.0908. The monoisotopic (exact) mass is 279 g/mol. The summed E-state index contributed by atoms with van der Waals surface area (Å²) < 4.78 is 0. The van der Waals surface area contributed by atoms with Crippen molar-refractivity contribution >= 4 is 17.2 Å². The van der Waals surface area contributed by atoms with Gasteiger partial charge >= 0.3 is 0 Å². The zero-order valence-electron chi connectivity index (χ0n) is 11.5. The van der Waals surface area contributed by atoms with Crippen LogP contribution in [0.5, 0.6) is 0 Å². The van der Waals surface area contributed by atoms with E-state index in [0.29, 0.717) is 18.6 Å². The molecule has 3 atom stereocenters. The van der Waals surface area contributed by atoms with Crippen LogP contribution in [0, 0.1) is 0 Å². The molecule has 0 spiro atoms. The second kappa shape index (κ2) is 5.23. The normalized spacial score (nSPS) is 33.1. The molecule has 1 N–H and O–H groups in total. The Labute approximate surface area is 118 Å². The van der Waals surface area contributed by atoms with Crippen LogP contribution in [0.1, 0.15) is 30.8 Å². The fraction of sp³-hybridized carbons (Fsp3) is 0.643. The van der Waals surface area contributed by atoms with Crippen LogP contribution in [0.4, 0.5) is 0 Å². The van der Waals surface area contributed by atoms with Crippen molar-refractivity contribution in [2.75, 3.05) is 20.1 Å². The predicted molar refractivity (Wildman–Crippen MR) is 77.0 cm³/mol. The molecule has 19 heavy (non-hydrogen) atoms. The molecule has 2 fully saturated rings. The molecular weight excluding hydrogens is 258 g/mol. The highest BCUT2D eigenvalue weighted by Crippen LogP contribution is 2.32. The number of carbonyl (C=O) groups is 1. The molecule has 5 heteroatoms. The fourth-order valence-corrected chi connectivity index (χ4v) is 3.93. The molecule has 3 unspecified atom stereocenters. The molecule has 2 aliphatic rings. The van der Waals surface area contributed by atoms with Gasteiger partial charge in [-0.2, -0.15) is 0 Å². The van der Waals surface area contributed by atoms with E-state index in [4.69, 9.17) is 0 Å². The Morgan fingerprint density at radius 2 is 2.32 bits per heavy atom. The van der Waals surface area contributed by atoms with Crippen LogP contribution < -0.4 is 5.32 Å². The van der Waals surface area contributed by atoms with E-state index in [1.807, 2.05) is 0 Å². The molecule has 0 radical (unpaired) electrons. The number of piperidine rings is 1. The predicted octanol–water partition coefficient (Wildman–Crippen LogP) is 1.66. The molecule has 0 aromatic carbocycles. The summed E-state index contributed by atoms with van der Waals surface area (Å²) in [5, 5.41) is 5.43. The lowest BCUT2D eigenvalue weighted by atomic mass is 9.97. The van der Waals surface area contributed by atoms with Gasteiger partial charge in [-0.05, 0) is 38.3 Å². The SMILES string of the molecule is CC1CC(N2C(=O)CNC2c2cccs2)CCN1C. The maximum absolute atomic E-state index is 12.2. The second-order valence-electron chi connectivity index (χ2n) is 5.61. The summed E-state index contributed by atoms with van der Waals surface area (Å²) in [6.45, 7) is 3.80. The van der Waals surface area contributed by atoms with Crippen molar-refractivity contribution in [3.63, 3.8) is 0 Å². The van der Waals surface area contributed by atoms with Crippen LogP contribution in [0.25, 0.3) is 0 Å². The van der Waals surface area contributed by atoms with E-state index >= 15 is 0 Å². The van der Waals surface area contributed by atoms with Crippen LogP contribution in [0.2, 0.25) is 0 Å². The number of hydrogen-bond donors (Lipinski definition) is 1. The van der Waals surface area contributed by atoms with E-state index in [0.717, 1.165) is 19.4 Å². The summed E-state index contributed by atoms with van der Waals surface area (Å²) >= 11 is 1.72. The van der Waals surface area contributed by atoms with Gasteiger partial charge in [-0.15, -0.1) is 11.3 Å². The van der Waals surface area contributed by atoms with Crippen LogP contribution in [-0.4, -0.2) is 47.9 Å². The lowest BCUT2D eigenvalue weighted by Gasteiger charge is -2.41. The highest BCUT2D eigenvalue weighted by Gasteiger charge is 2.39. The van der Waals surface area contributed by atoms with Crippen molar-refractivity contribution in [1.82, 2.24) is 15.1 Å². The topological polar surface area (TPSA) is 35.6 Å². The Morgan fingerprint density at radius 1 is 1.47 bits per heavy atom. The van der Waals surface area contributed by atoms with Crippen molar-refractivity contribution < 1.29 is 4.79 Å². The number of carbonyl (C=O) groups excluding carboxylic acids is 1. The molecule has 1 aromatic heterocycles. The third-order valence-electron chi connectivity index (χ3n) is 4.40. The van der Waals surface area contributed by atoms with Crippen LogP contribution in [0.3, 0.4) is 0 Å². The average Bonchev–Trinajstić information content (AvgIpc) is 3.01. The van der Waals surface area contributed by atoms with Crippen LogP contribution in [-0.2, 0) is 4.79 Å². The number of rotatable bonds is 2. The van der Waals surface area contributed by atoms with E-state index in [1.54, 1.807) is 11.3 Å². The summed E-state index contributed by atoms with van der Waals surface area (Å²) in [5.74, 6) is 0.250. The number of thiophene rings is 1. The van der Waals surface area contributed by atoms with E-state index < -0.39 is 0 Å². The Balaban J connectivity index is 1.79. The van der Waals surface area contributed by atoms with Gasteiger partial charge in [0.25, 0.3) is 0 Å². The number of hydrogen-bond acceptors (Lipinski definition) is 4. The van der Waals surface area contributed by atoms with Crippen LogP contribution in [0.15, 0.2) is 17.5 Å². The van der Waals surface area contributed by atoms with Gasteiger partial charge in [0.1, 0.15) is 6.17 Å². The first kappa shape index (κ1) is 13.1. The molecule has 2 saturated heterocycles. The standard InChI is InChI=1S/C14H21N3OS/c1-10-8-11(5-6-16(10)2)17-13(18)9-15-14(17)12-4-3-7-19-12/h3-4,7,10-11,14-15H,5-6,8-9H2,1-2H3. The maximum atomic E-state index is 12.2. The van der Waals surface area contributed by atoms with E-state index in [-0.39, 0.29) is 12.1 Å². The summed E-state index contributed by atoms with van der Waals surface area (Å²) in [5.41, 5.74) is 0. The van der Waals surface area contributed by atoms with Crippen molar-refractivity contribution in [2.24, 2.45) is 0 Å². The Kier molecular flexibility index (Phi) is 3.60. The maximum Gasteiger partial charge on any atom is 0.238 e. The van der Waals surface area contributed by atoms with Gasteiger partial charge < -0.3 is 9.80 Å². The zero-order valence-corrected chi connectivity index (χ0v) is 12.3. The fourth-order valence-electron chi connectivity index (χ4n) is 3.13. The van der Waals surface area contributed by atoms with Crippen molar-refractivity contribution in [1.29, 1.82) is 0 Å². The Bertz CT molecular complexity index is 448. The van der Waals surface area contributed by atoms with Gasteiger partial charge in [-0.25, -0.2) is 0 Å². The Hall–Kier alpha value is -0.910. The van der Waals surface area contributed by atoms with E-state index in [2.05, 4.69) is 46.6 Å². The van der Waals surface area contributed by atoms with E-state index in [9.17, 15) is 4.79 Å². The van der Waals surface area contributed by atoms with Gasteiger partial charge in [0.2, 0.25) is 5.91 Å². The smallest absolute Gasteiger partial charge is 0.238 e.